The summed E-state index contributed by atoms with van der Waals surface area (Å²) in [5, 5.41) is 4.00. The number of halogens is 1. The van der Waals surface area contributed by atoms with Crippen LogP contribution in [-0.2, 0) is 6.42 Å². The van der Waals surface area contributed by atoms with Crippen molar-refractivity contribution in [3.05, 3.63) is 34.8 Å². The molecular weight excluding hydrogens is 261 g/mol. The molecule has 2 aromatic rings. The lowest BCUT2D eigenvalue weighted by Gasteiger charge is -2.20. The maximum absolute atomic E-state index is 13.8. The molecule has 0 aliphatic heterocycles. The molecule has 1 unspecified atom stereocenters. The van der Waals surface area contributed by atoms with Crippen molar-refractivity contribution >= 4 is 11.3 Å². The minimum absolute atomic E-state index is 0.293. The number of nitrogens with one attached hydrogen (secondary N) is 1. The highest BCUT2D eigenvalue weighted by Crippen LogP contribution is 2.38. The normalized spacial score (nSPS) is 18.3. The Labute approximate surface area is 115 Å². The zero-order valence-electron chi connectivity index (χ0n) is 10.8. The largest absolute Gasteiger partial charge is 0.319 e. The molecule has 100 valence electrons. The van der Waals surface area contributed by atoms with Crippen LogP contribution >= 0.6 is 11.3 Å². The van der Waals surface area contributed by atoms with Gasteiger partial charge >= 0.3 is 0 Å². The topological polar surface area (TPSA) is 37.8 Å². The first-order chi connectivity index (χ1) is 9.29. The zero-order chi connectivity index (χ0) is 13.2. The molecule has 0 spiro atoms. The summed E-state index contributed by atoms with van der Waals surface area (Å²) in [6.07, 6.45) is 6.29. The van der Waals surface area contributed by atoms with Crippen molar-refractivity contribution in [3.8, 4) is 10.6 Å². The molecule has 0 aromatic carbocycles. The Hall–Kier alpha value is -1.33. The Kier molecular flexibility index (Phi) is 3.57. The first-order valence-corrected chi connectivity index (χ1v) is 7.35. The summed E-state index contributed by atoms with van der Waals surface area (Å²) in [6.45, 7) is 0.939. The quantitative estimate of drug-likeness (QED) is 0.937. The Balaban J connectivity index is 2.00. The van der Waals surface area contributed by atoms with Crippen LogP contribution in [0, 0.1) is 5.82 Å². The van der Waals surface area contributed by atoms with Crippen LogP contribution < -0.4 is 5.32 Å². The fourth-order valence-electron chi connectivity index (χ4n) is 2.62. The van der Waals surface area contributed by atoms with E-state index >= 15 is 0 Å². The second-order valence-corrected chi connectivity index (χ2v) is 5.91. The first-order valence-electron chi connectivity index (χ1n) is 6.53. The van der Waals surface area contributed by atoms with Gasteiger partial charge < -0.3 is 5.32 Å². The van der Waals surface area contributed by atoms with Crippen LogP contribution in [0.3, 0.4) is 0 Å². The highest BCUT2D eigenvalue weighted by molar-refractivity contribution is 7.15. The third kappa shape index (κ3) is 2.40. The molecule has 2 heterocycles. The van der Waals surface area contributed by atoms with Crippen molar-refractivity contribution in [1.82, 2.24) is 15.3 Å². The molecule has 5 heteroatoms. The Bertz CT molecular complexity index is 582. The number of aryl methyl sites for hydroxylation is 1. The molecular formula is C14H16FN3S. The molecule has 0 radical (unpaired) electrons. The fraction of sp³-hybridized carbons (Fsp3) is 0.429. The van der Waals surface area contributed by atoms with Crippen LogP contribution in [0.25, 0.3) is 10.6 Å². The molecule has 3 rings (SSSR count). The van der Waals surface area contributed by atoms with Gasteiger partial charge in [-0.3, -0.25) is 4.98 Å². The maximum atomic E-state index is 13.8. The van der Waals surface area contributed by atoms with Crippen molar-refractivity contribution in [2.75, 3.05) is 13.6 Å². The third-order valence-electron chi connectivity index (χ3n) is 3.52. The molecule has 3 nitrogen and oxygen atoms in total. The van der Waals surface area contributed by atoms with E-state index in [1.165, 1.54) is 17.5 Å². The molecule has 0 fully saturated rings. The van der Waals surface area contributed by atoms with Gasteiger partial charge in [-0.2, -0.15) is 0 Å². The van der Waals surface area contributed by atoms with Gasteiger partial charge in [0.05, 0.1) is 11.9 Å². The number of hydrogen-bond donors (Lipinski definition) is 1. The zero-order valence-corrected chi connectivity index (χ0v) is 11.6. The minimum atomic E-state index is -0.293. The number of thiazole rings is 1. The molecule has 1 aliphatic rings. The van der Waals surface area contributed by atoms with Gasteiger partial charge in [-0.15, -0.1) is 11.3 Å². The standard InChI is InChI=1S/C14H16FN3S/c1-16-7-9-3-2-4-12-13(9)18-14(19-12)10-5-6-17-8-11(10)15/h5-6,8-9,16H,2-4,7H2,1H3. The van der Waals surface area contributed by atoms with E-state index in [1.807, 2.05) is 7.05 Å². The Morgan fingerprint density at radius 2 is 2.42 bits per heavy atom. The molecule has 1 atom stereocenters. The lowest BCUT2D eigenvalue weighted by atomic mass is 9.91. The smallest absolute Gasteiger partial charge is 0.151 e. The summed E-state index contributed by atoms with van der Waals surface area (Å²) in [7, 11) is 1.96. The molecule has 1 N–H and O–H groups in total. The first kappa shape index (κ1) is 12.7. The van der Waals surface area contributed by atoms with E-state index in [-0.39, 0.29) is 5.82 Å². The van der Waals surface area contributed by atoms with Crippen LogP contribution in [0.4, 0.5) is 4.39 Å². The predicted molar refractivity (Wildman–Crippen MR) is 74.9 cm³/mol. The van der Waals surface area contributed by atoms with E-state index < -0.39 is 0 Å². The molecule has 1 aliphatic carbocycles. The van der Waals surface area contributed by atoms with Crippen LogP contribution in [0.15, 0.2) is 18.5 Å². The van der Waals surface area contributed by atoms with Gasteiger partial charge in [-0.05, 0) is 32.4 Å². The lowest BCUT2D eigenvalue weighted by Crippen LogP contribution is -2.20. The van der Waals surface area contributed by atoms with E-state index in [2.05, 4.69) is 10.3 Å². The number of rotatable bonds is 3. The summed E-state index contributed by atoms with van der Waals surface area (Å²) in [5.41, 5.74) is 1.73. The van der Waals surface area contributed by atoms with Crippen molar-refractivity contribution in [2.24, 2.45) is 0 Å². The predicted octanol–water partition coefficient (Wildman–Crippen LogP) is 2.98. The van der Waals surface area contributed by atoms with Gasteiger partial charge in [0.1, 0.15) is 5.01 Å². The molecule has 2 aromatic heterocycles. The number of fused-ring (bicyclic) bond motifs is 1. The van der Waals surface area contributed by atoms with Crippen LogP contribution in [0.2, 0.25) is 0 Å². The summed E-state index contributed by atoms with van der Waals surface area (Å²) in [6, 6.07) is 1.70. The summed E-state index contributed by atoms with van der Waals surface area (Å²) in [5.74, 6) is 0.169. The summed E-state index contributed by atoms with van der Waals surface area (Å²) < 4.78 is 13.8. The van der Waals surface area contributed by atoms with E-state index in [4.69, 9.17) is 4.98 Å². The van der Waals surface area contributed by atoms with Crippen molar-refractivity contribution in [2.45, 2.75) is 25.2 Å². The number of aromatic nitrogens is 2. The van der Waals surface area contributed by atoms with Gasteiger partial charge in [0.2, 0.25) is 0 Å². The van der Waals surface area contributed by atoms with Gasteiger partial charge in [-0.25, -0.2) is 9.37 Å². The van der Waals surface area contributed by atoms with E-state index in [9.17, 15) is 4.39 Å². The second kappa shape index (κ2) is 5.35. The highest BCUT2D eigenvalue weighted by Gasteiger charge is 2.25. The minimum Gasteiger partial charge on any atom is -0.319 e. The Morgan fingerprint density at radius 3 is 3.21 bits per heavy atom. The lowest BCUT2D eigenvalue weighted by molar-refractivity contribution is 0.523. The van der Waals surface area contributed by atoms with Gasteiger partial charge in [-0.1, -0.05) is 0 Å². The van der Waals surface area contributed by atoms with Gasteiger partial charge in [0, 0.05) is 29.1 Å². The van der Waals surface area contributed by atoms with E-state index in [0.717, 1.165) is 30.1 Å². The van der Waals surface area contributed by atoms with Crippen LogP contribution in [-0.4, -0.2) is 23.6 Å². The van der Waals surface area contributed by atoms with Gasteiger partial charge in [0.25, 0.3) is 0 Å². The number of likely N-dealkylation sites (N-methyl/N-ethyl adjacent to an activating group) is 1. The van der Waals surface area contributed by atoms with Gasteiger partial charge in [0.15, 0.2) is 5.82 Å². The average Bonchev–Trinajstić information content (AvgIpc) is 2.84. The fourth-order valence-corrected chi connectivity index (χ4v) is 3.83. The maximum Gasteiger partial charge on any atom is 0.151 e. The molecule has 19 heavy (non-hydrogen) atoms. The van der Waals surface area contributed by atoms with Crippen molar-refractivity contribution in [3.63, 3.8) is 0 Å². The van der Waals surface area contributed by atoms with E-state index in [1.54, 1.807) is 23.6 Å². The number of nitrogens with zero attached hydrogens (tertiary/aromatic N) is 2. The molecule has 0 bridgehead atoms. The monoisotopic (exact) mass is 277 g/mol. The third-order valence-corrected chi connectivity index (χ3v) is 4.69. The van der Waals surface area contributed by atoms with Crippen molar-refractivity contribution in [1.29, 1.82) is 0 Å². The molecule has 0 saturated heterocycles. The number of pyridine rings is 1. The summed E-state index contributed by atoms with van der Waals surface area (Å²) >= 11 is 1.63. The SMILES string of the molecule is CNCC1CCCc2sc(-c3ccncc3F)nc21. The molecule has 0 amide bonds. The number of hydrogen-bond acceptors (Lipinski definition) is 4. The van der Waals surface area contributed by atoms with Crippen LogP contribution in [0.1, 0.15) is 29.3 Å². The average molecular weight is 277 g/mol. The van der Waals surface area contributed by atoms with Crippen LogP contribution in [0.5, 0.6) is 0 Å². The van der Waals surface area contributed by atoms with E-state index in [0.29, 0.717) is 11.5 Å². The Morgan fingerprint density at radius 1 is 1.53 bits per heavy atom. The summed E-state index contributed by atoms with van der Waals surface area (Å²) in [4.78, 5) is 9.80. The second-order valence-electron chi connectivity index (χ2n) is 4.83. The highest BCUT2D eigenvalue weighted by atomic mass is 32.1. The molecule has 0 saturated carbocycles. The van der Waals surface area contributed by atoms with Crippen molar-refractivity contribution < 1.29 is 4.39 Å².